The molecule has 2 N–H and O–H groups in total. The van der Waals surface area contributed by atoms with Crippen molar-refractivity contribution in [3.8, 4) is 0 Å². The van der Waals surface area contributed by atoms with Gasteiger partial charge in [-0.3, -0.25) is 57.5 Å². The fraction of sp³-hybridized carbons (Fsp3) is 0.760. The minimum absolute atomic E-state index is 0.0856. The van der Waals surface area contributed by atoms with Gasteiger partial charge in [0.15, 0.2) is 61.5 Å². The molecule has 3 fully saturated rings. The number of rotatable bonds is 29. The maximum atomic E-state index is 13.6. The van der Waals surface area contributed by atoms with Crippen LogP contribution in [-0.2, 0) is 129 Å². The van der Waals surface area contributed by atoms with Crippen molar-refractivity contribution in [3.63, 3.8) is 0 Å². The van der Waals surface area contributed by atoms with Crippen LogP contribution in [0.1, 0.15) is 121 Å². The van der Waals surface area contributed by atoms with Gasteiger partial charge in [-0.15, -0.1) is 0 Å². The number of ether oxygens (including phenoxy) is 15. The van der Waals surface area contributed by atoms with E-state index in [1.807, 2.05) is 0 Å². The monoisotopic (exact) mass is 1210 g/mol. The number of unbranched alkanes of at least 4 members (excludes halogenated alkanes) is 4. The summed E-state index contributed by atoms with van der Waals surface area (Å²) in [4.78, 5) is 153. The van der Waals surface area contributed by atoms with E-state index < -0.39 is 177 Å². The van der Waals surface area contributed by atoms with E-state index >= 15 is 0 Å². The van der Waals surface area contributed by atoms with Crippen LogP contribution in [0.2, 0.25) is 0 Å². The molecule has 3 rings (SSSR count). The third kappa shape index (κ3) is 23.6. The number of halogens is 1. The lowest BCUT2D eigenvalue weighted by Gasteiger charge is -2.50. The van der Waals surface area contributed by atoms with Gasteiger partial charge in [-0.1, -0.05) is 28.8 Å². The van der Waals surface area contributed by atoms with Crippen LogP contribution in [0.3, 0.4) is 0 Å². The Morgan fingerprint density at radius 3 is 1.15 bits per heavy atom. The van der Waals surface area contributed by atoms with Gasteiger partial charge in [0.2, 0.25) is 11.8 Å². The van der Waals surface area contributed by atoms with Crippen molar-refractivity contribution in [2.45, 2.75) is 213 Å². The Hall–Kier alpha value is -6.08. The van der Waals surface area contributed by atoms with Gasteiger partial charge in [0, 0.05) is 94.0 Å². The molecule has 0 aromatic heterocycles. The Kier molecular flexibility index (Phi) is 29.2. The highest BCUT2D eigenvalue weighted by molar-refractivity contribution is 9.09. The van der Waals surface area contributed by atoms with E-state index in [9.17, 15) is 57.5 Å². The van der Waals surface area contributed by atoms with Gasteiger partial charge < -0.3 is 81.7 Å². The fourth-order valence-electron chi connectivity index (χ4n) is 8.60. The third-order valence-corrected chi connectivity index (χ3v) is 12.2. The summed E-state index contributed by atoms with van der Waals surface area (Å²) >= 11 is 3.36. The van der Waals surface area contributed by atoms with Gasteiger partial charge in [0.1, 0.15) is 50.3 Å². The van der Waals surface area contributed by atoms with Gasteiger partial charge >= 0.3 is 59.7 Å². The summed E-state index contributed by atoms with van der Waals surface area (Å²) < 4.78 is 87.1. The second kappa shape index (κ2) is 34.3. The van der Waals surface area contributed by atoms with E-state index in [1.54, 1.807) is 0 Å². The lowest BCUT2D eigenvalue weighted by Crippen LogP contribution is -2.70. The number of amides is 2. The maximum Gasteiger partial charge on any atom is 0.303 e. The van der Waals surface area contributed by atoms with E-state index in [2.05, 4.69) is 26.6 Å². The van der Waals surface area contributed by atoms with Crippen LogP contribution in [0.4, 0.5) is 0 Å². The summed E-state index contributed by atoms with van der Waals surface area (Å²) in [5.74, 6) is -10.5. The van der Waals surface area contributed by atoms with Gasteiger partial charge in [-0.2, -0.15) is 0 Å². The fourth-order valence-corrected chi connectivity index (χ4v) is 9.00. The second-order valence-electron chi connectivity index (χ2n) is 18.5. The number of hydrogen-bond acceptors (Lipinski definition) is 27. The summed E-state index contributed by atoms with van der Waals surface area (Å²) in [6.45, 7) is 8.01. The van der Waals surface area contributed by atoms with Crippen molar-refractivity contribution in [2.24, 2.45) is 0 Å². The van der Waals surface area contributed by atoms with Crippen LogP contribution in [0.25, 0.3) is 0 Å². The standard InChI is InChI=1S/C50H73BrN2O27/c1-24(54)66-21-34-41(42(71-29(6)59)45(73-31(8)61)48(76-34)53-38(65)18-14-12-16-20-52-37(64)17-13-11-15-19-51)79-49-47(75-33(10)63)44(40(70-28(5)58)36(77-49)23-68-26(3)56)80-50-46(74-32(9)62)43(72-30(7)60)39(69-27(4)57)35(78-50)22-67-25(2)55/h34-36,39-50H,11-23H2,1-10H3,(H,52,64)(H,53,65)/t34-,35-,36-,39+,40+,41-,42+,43+,44+,45-,46-,47-,48-,49+,50+/m1/s1. The molecule has 452 valence electrons. The number of alkyl halides is 1. The number of nitrogens with one attached hydrogen (secondary N) is 2. The van der Waals surface area contributed by atoms with E-state index in [4.69, 9.17) is 71.1 Å². The Balaban J connectivity index is 2.20. The predicted molar refractivity (Wildman–Crippen MR) is 266 cm³/mol. The molecule has 0 saturated carbocycles. The topological polar surface area (TPSA) is 367 Å². The summed E-state index contributed by atoms with van der Waals surface area (Å²) in [5, 5.41) is 6.32. The molecule has 30 heteroatoms. The molecule has 0 bridgehead atoms. The molecule has 0 aliphatic carbocycles. The molecule has 0 aromatic rings. The molecule has 3 aliphatic heterocycles. The lowest BCUT2D eigenvalue weighted by atomic mass is 9.94. The summed E-state index contributed by atoms with van der Waals surface area (Å²) in [6.07, 6.45) is -23.3. The molecule has 3 saturated heterocycles. The number of carbonyl (C=O) groups excluding carboxylic acids is 12. The molecule has 2 amide bonds. The Bertz CT molecular complexity index is 2160. The molecular weight excluding hydrogens is 1140 g/mol. The Labute approximate surface area is 469 Å². The Morgan fingerprint density at radius 2 is 0.713 bits per heavy atom. The van der Waals surface area contributed by atoms with E-state index in [-0.39, 0.29) is 12.3 Å². The molecule has 0 unspecified atom stereocenters. The van der Waals surface area contributed by atoms with Crippen molar-refractivity contribution in [3.05, 3.63) is 0 Å². The first-order chi connectivity index (χ1) is 37.7. The predicted octanol–water partition coefficient (Wildman–Crippen LogP) is 0.891. The number of carbonyl (C=O) groups is 12. The molecule has 15 atom stereocenters. The summed E-state index contributed by atoms with van der Waals surface area (Å²) in [6, 6.07) is 0. The van der Waals surface area contributed by atoms with Crippen LogP contribution in [0.15, 0.2) is 0 Å². The zero-order chi connectivity index (χ0) is 59.8. The highest BCUT2D eigenvalue weighted by Gasteiger charge is 2.60. The molecule has 3 aliphatic rings. The van der Waals surface area contributed by atoms with Crippen molar-refractivity contribution >= 4 is 87.4 Å². The first-order valence-electron chi connectivity index (χ1n) is 25.7. The molecular formula is C50H73BrN2O27. The Morgan fingerprint density at radius 1 is 0.362 bits per heavy atom. The first kappa shape index (κ1) is 68.2. The largest absolute Gasteiger partial charge is 0.463 e. The van der Waals surface area contributed by atoms with E-state index in [0.717, 1.165) is 93.8 Å². The second-order valence-corrected chi connectivity index (χ2v) is 19.3. The molecule has 80 heavy (non-hydrogen) atoms. The summed E-state index contributed by atoms with van der Waals surface area (Å²) in [7, 11) is 0. The minimum atomic E-state index is -2.11. The lowest BCUT2D eigenvalue weighted by molar-refractivity contribution is -0.375. The smallest absolute Gasteiger partial charge is 0.303 e. The molecule has 3 heterocycles. The van der Waals surface area contributed by atoms with E-state index in [0.29, 0.717) is 32.2 Å². The van der Waals surface area contributed by atoms with Crippen LogP contribution >= 0.6 is 15.9 Å². The van der Waals surface area contributed by atoms with Gasteiger partial charge in [0.05, 0.1) is 0 Å². The zero-order valence-corrected chi connectivity index (χ0v) is 47.8. The quantitative estimate of drug-likeness (QED) is 0.0454. The molecule has 0 spiro atoms. The van der Waals surface area contributed by atoms with Gasteiger partial charge in [-0.25, -0.2) is 0 Å². The van der Waals surface area contributed by atoms with Gasteiger partial charge in [0.25, 0.3) is 0 Å². The van der Waals surface area contributed by atoms with Crippen molar-refractivity contribution < 1.29 is 129 Å². The summed E-state index contributed by atoms with van der Waals surface area (Å²) in [5.41, 5.74) is 0. The van der Waals surface area contributed by atoms with Crippen LogP contribution in [0, 0.1) is 0 Å². The highest BCUT2D eigenvalue weighted by Crippen LogP contribution is 2.38. The number of esters is 10. The van der Waals surface area contributed by atoms with Crippen LogP contribution in [-0.4, -0.2) is 195 Å². The van der Waals surface area contributed by atoms with Gasteiger partial charge in [-0.05, 0) is 25.7 Å². The molecule has 0 radical (unpaired) electrons. The average Bonchev–Trinajstić information content (AvgIpc) is 3.38. The first-order valence-corrected chi connectivity index (χ1v) is 26.8. The zero-order valence-electron chi connectivity index (χ0n) is 46.3. The highest BCUT2D eigenvalue weighted by atomic mass is 79.9. The number of hydrogen-bond donors (Lipinski definition) is 2. The SMILES string of the molecule is CC(=O)OC[C@H]1O[C@@H](O[C@H]2[C@@H](OC(C)=O)[C@@H](COC(C)=O)O[C@@H](O[C@H]3[C@H](OC(C)=O)[C@@H](OC(C)=O)[C@H](NC(=O)CCCCCNC(=O)CCCCCBr)O[C@@H]3COC(C)=O)[C@@H]2OC(C)=O)[C@H](OC(C)=O)[C@@H](OC(C)=O)[C@H]1OC(C)=O. The van der Waals surface area contributed by atoms with E-state index in [1.165, 1.54) is 0 Å². The average molecular weight is 1210 g/mol. The minimum Gasteiger partial charge on any atom is -0.463 e. The third-order valence-electron chi connectivity index (χ3n) is 11.6. The normalized spacial score (nSPS) is 28.0. The van der Waals surface area contributed by atoms with Crippen molar-refractivity contribution in [1.29, 1.82) is 0 Å². The van der Waals surface area contributed by atoms with Crippen molar-refractivity contribution in [2.75, 3.05) is 31.7 Å². The van der Waals surface area contributed by atoms with Crippen LogP contribution in [0.5, 0.6) is 0 Å². The van der Waals surface area contributed by atoms with Crippen molar-refractivity contribution in [1.82, 2.24) is 10.6 Å². The maximum absolute atomic E-state index is 13.6. The van der Waals surface area contributed by atoms with Crippen LogP contribution < -0.4 is 10.6 Å². The molecule has 29 nitrogen and oxygen atoms in total. The molecule has 0 aromatic carbocycles.